The third-order valence-electron chi connectivity index (χ3n) is 4.67. The van der Waals surface area contributed by atoms with Gasteiger partial charge in [-0.25, -0.2) is 0 Å². The summed E-state index contributed by atoms with van der Waals surface area (Å²) in [5.74, 6) is 0.637. The highest BCUT2D eigenvalue weighted by Crippen LogP contribution is 2.25. The summed E-state index contributed by atoms with van der Waals surface area (Å²) in [6.45, 7) is 7.25. The Labute approximate surface area is 143 Å². The monoisotopic (exact) mass is 336 g/mol. The SMILES string of the molecule is CC1(CN=C(N)N2CCN(c3ccc(Cl)cc3)CC2)CCCO1. The van der Waals surface area contributed by atoms with Gasteiger partial charge in [0.1, 0.15) is 0 Å². The number of benzene rings is 1. The lowest BCUT2D eigenvalue weighted by Crippen LogP contribution is -2.51. The van der Waals surface area contributed by atoms with E-state index in [4.69, 9.17) is 22.1 Å². The first-order valence-corrected chi connectivity index (χ1v) is 8.63. The van der Waals surface area contributed by atoms with Crippen LogP contribution in [0, 0.1) is 0 Å². The van der Waals surface area contributed by atoms with Crippen molar-refractivity contribution in [2.45, 2.75) is 25.4 Å². The van der Waals surface area contributed by atoms with Crippen molar-refractivity contribution in [2.75, 3.05) is 44.2 Å². The lowest BCUT2D eigenvalue weighted by Gasteiger charge is -2.37. The maximum atomic E-state index is 6.17. The van der Waals surface area contributed by atoms with E-state index in [0.717, 1.165) is 50.7 Å². The Kier molecular flexibility index (Phi) is 4.97. The van der Waals surface area contributed by atoms with Gasteiger partial charge in [-0.2, -0.15) is 0 Å². The fourth-order valence-corrected chi connectivity index (χ4v) is 3.28. The lowest BCUT2D eigenvalue weighted by atomic mass is 10.0. The summed E-state index contributed by atoms with van der Waals surface area (Å²) in [4.78, 5) is 9.08. The summed E-state index contributed by atoms with van der Waals surface area (Å²) in [6.07, 6.45) is 2.18. The molecule has 1 aromatic carbocycles. The molecule has 126 valence electrons. The number of nitrogens with two attached hydrogens (primary N) is 1. The van der Waals surface area contributed by atoms with Crippen LogP contribution in [-0.4, -0.2) is 55.8 Å². The van der Waals surface area contributed by atoms with Gasteiger partial charge in [-0.1, -0.05) is 11.6 Å². The zero-order chi connectivity index (χ0) is 16.3. The minimum Gasteiger partial charge on any atom is -0.373 e. The summed E-state index contributed by atoms with van der Waals surface area (Å²) in [7, 11) is 0. The van der Waals surface area contributed by atoms with Crippen molar-refractivity contribution in [3.8, 4) is 0 Å². The highest BCUT2D eigenvalue weighted by atomic mass is 35.5. The van der Waals surface area contributed by atoms with Crippen molar-refractivity contribution in [2.24, 2.45) is 10.7 Å². The first-order chi connectivity index (χ1) is 11.1. The molecule has 2 aliphatic heterocycles. The smallest absolute Gasteiger partial charge is 0.191 e. The quantitative estimate of drug-likeness (QED) is 0.680. The Morgan fingerprint density at radius 3 is 2.57 bits per heavy atom. The predicted molar refractivity (Wildman–Crippen MR) is 95.3 cm³/mol. The second-order valence-corrected chi connectivity index (χ2v) is 6.96. The van der Waals surface area contributed by atoms with Gasteiger partial charge in [0.15, 0.2) is 5.96 Å². The molecular formula is C17H25ClN4O. The van der Waals surface area contributed by atoms with Crippen molar-refractivity contribution in [3.63, 3.8) is 0 Å². The summed E-state index contributed by atoms with van der Waals surface area (Å²) in [6, 6.07) is 7.99. The number of piperazine rings is 1. The Balaban J connectivity index is 1.52. The maximum Gasteiger partial charge on any atom is 0.191 e. The number of nitrogens with zero attached hydrogens (tertiary/aromatic N) is 3. The molecule has 2 saturated heterocycles. The number of aliphatic imine (C=N–C) groups is 1. The van der Waals surface area contributed by atoms with Gasteiger partial charge in [0.05, 0.1) is 12.1 Å². The molecule has 0 aromatic heterocycles. The van der Waals surface area contributed by atoms with Crippen LogP contribution in [0.4, 0.5) is 5.69 Å². The molecule has 0 aliphatic carbocycles. The standard InChI is InChI=1S/C17H25ClN4O/c1-17(7-2-12-23-17)13-20-16(19)22-10-8-21(9-11-22)15-5-3-14(18)4-6-15/h3-6H,2,7-13H2,1H3,(H2,19,20). The Morgan fingerprint density at radius 2 is 1.96 bits per heavy atom. The zero-order valence-electron chi connectivity index (χ0n) is 13.7. The lowest BCUT2D eigenvalue weighted by molar-refractivity contribution is 0.0282. The van der Waals surface area contributed by atoms with Gasteiger partial charge in [0.2, 0.25) is 0 Å². The maximum absolute atomic E-state index is 6.17. The van der Waals surface area contributed by atoms with Gasteiger partial charge in [-0.15, -0.1) is 0 Å². The van der Waals surface area contributed by atoms with Crippen LogP contribution in [0.1, 0.15) is 19.8 Å². The van der Waals surface area contributed by atoms with Crippen molar-refractivity contribution in [3.05, 3.63) is 29.3 Å². The van der Waals surface area contributed by atoms with Crippen LogP contribution < -0.4 is 10.6 Å². The van der Waals surface area contributed by atoms with Crippen molar-refractivity contribution >= 4 is 23.2 Å². The largest absolute Gasteiger partial charge is 0.373 e. The number of guanidine groups is 1. The van der Waals surface area contributed by atoms with Gasteiger partial charge >= 0.3 is 0 Å². The van der Waals surface area contributed by atoms with Crippen LogP contribution in [0.2, 0.25) is 5.02 Å². The molecule has 1 aromatic rings. The Bertz CT molecular complexity index is 546. The van der Waals surface area contributed by atoms with Crippen LogP contribution >= 0.6 is 11.6 Å². The topological polar surface area (TPSA) is 54.1 Å². The average Bonchev–Trinajstić information content (AvgIpc) is 3.01. The fraction of sp³-hybridized carbons (Fsp3) is 0.588. The second-order valence-electron chi connectivity index (χ2n) is 6.53. The van der Waals surface area contributed by atoms with Crippen LogP contribution in [0.3, 0.4) is 0 Å². The molecule has 0 spiro atoms. The molecule has 1 atom stereocenters. The molecular weight excluding hydrogens is 312 g/mol. The molecule has 6 heteroatoms. The van der Waals surface area contributed by atoms with E-state index in [1.165, 1.54) is 5.69 Å². The Hall–Kier alpha value is -1.46. The van der Waals surface area contributed by atoms with E-state index in [1.807, 2.05) is 12.1 Å². The van der Waals surface area contributed by atoms with Crippen LogP contribution in [-0.2, 0) is 4.74 Å². The van der Waals surface area contributed by atoms with Crippen molar-refractivity contribution in [1.82, 2.24) is 4.90 Å². The molecule has 0 bridgehead atoms. The minimum atomic E-state index is -0.129. The molecule has 0 amide bonds. The number of rotatable bonds is 3. The van der Waals surface area contributed by atoms with Crippen LogP contribution in [0.5, 0.6) is 0 Å². The van der Waals surface area contributed by atoms with Crippen molar-refractivity contribution in [1.29, 1.82) is 0 Å². The first-order valence-electron chi connectivity index (χ1n) is 8.25. The molecule has 5 nitrogen and oxygen atoms in total. The fourth-order valence-electron chi connectivity index (χ4n) is 3.16. The van der Waals surface area contributed by atoms with E-state index in [9.17, 15) is 0 Å². The van der Waals surface area contributed by atoms with Crippen molar-refractivity contribution < 1.29 is 4.74 Å². The molecule has 2 fully saturated rings. The zero-order valence-corrected chi connectivity index (χ0v) is 14.4. The molecule has 23 heavy (non-hydrogen) atoms. The molecule has 2 aliphatic rings. The number of hydrogen-bond donors (Lipinski definition) is 1. The van der Waals surface area contributed by atoms with Gasteiger partial charge in [0.25, 0.3) is 0 Å². The minimum absolute atomic E-state index is 0.129. The summed E-state index contributed by atoms with van der Waals surface area (Å²) in [5.41, 5.74) is 7.25. The summed E-state index contributed by atoms with van der Waals surface area (Å²) >= 11 is 5.95. The third kappa shape index (κ3) is 4.09. The normalized spacial score (nSPS) is 25.9. The van der Waals surface area contributed by atoms with E-state index in [1.54, 1.807) is 0 Å². The third-order valence-corrected chi connectivity index (χ3v) is 4.92. The van der Waals surface area contributed by atoms with Crippen LogP contribution in [0.15, 0.2) is 29.3 Å². The van der Waals surface area contributed by atoms with E-state index in [2.05, 4.69) is 33.8 Å². The first kappa shape index (κ1) is 16.4. The molecule has 1 unspecified atom stereocenters. The van der Waals surface area contributed by atoms with Gasteiger partial charge in [0, 0.05) is 43.5 Å². The highest BCUT2D eigenvalue weighted by Gasteiger charge is 2.29. The van der Waals surface area contributed by atoms with E-state index < -0.39 is 0 Å². The molecule has 2 N–H and O–H groups in total. The van der Waals surface area contributed by atoms with E-state index >= 15 is 0 Å². The number of hydrogen-bond acceptors (Lipinski definition) is 3. The average molecular weight is 337 g/mol. The predicted octanol–water partition coefficient (Wildman–Crippen LogP) is 2.35. The number of anilines is 1. The second kappa shape index (κ2) is 6.97. The molecule has 3 rings (SSSR count). The number of halogens is 1. The molecule has 2 heterocycles. The number of ether oxygens (including phenoxy) is 1. The van der Waals surface area contributed by atoms with Gasteiger partial charge in [-0.05, 0) is 44.0 Å². The van der Waals surface area contributed by atoms with Crippen LogP contribution in [0.25, 0.3) is 0 Å². The molecule has 0 saturated carbocycles. The van der Waals surface area contributed by atoms with Gasteiger partial charge in [-0.3, -0.25) is 4.99 Å². The Morgan fingerprint density at radius 1 is 1.26 bits per heavy atom. The van der Waals surface area contributed by atoms with Gasteiger partial charge < -0.3 is 20.3 Å². The van der Waals surface area contributed by atoms with E-state index in [-0.39, 0.29) is 5.60 Å². The molecule has 0 radical (unpaired) electrons. The highest BCUT2D eigenvalue weighted by molar-refractivity contribution is 6.30. The summed E-state index contributed by atoms with van der Waals surface area (Å²) < 4.78 is 5.76. The van der Waals surface area contributed by atoms with E-state index in [0.29, 0.717) is 12.5 Å². The summed E-state index contributed by atoms with van der Waals surface area (Å²) in [5, 5.41) is 0.770.